The molecule has 0 unspecified atom stereocenters. The van der Waals surface area contributed by atoms with Crippen LogP contribution in [0.3, 0.4) is 0 Å². The number of halogens is 2. The van der Waals surface area contributed by atoms with E-state index in [1.54, 1.807) is 4.90 Å². The maximum Gasteiger partial charge on any atom is 0.270 e. The van der Waals surface area contributed by atoms with Gasteiger partial charge in [0.05, 0.1) is 31.6 Å². The van der Waals surface area contributed by atoms with Gasteiger partial charge in [0.1, 0.15) is 5.52 Å². The SMILES string of the molecule is O=C(c1ccc(Br)s1)N(CCN1CCOCC1)c1nc2c(Cl)cccc2s1. The standard InChI is InChI=1S/C18H17BrClN3O2S2/c19-15-5-4-14(26-15)17(24)23(7-6-22-8-10-25-11-9-22)18-21-16-12(20)2-1-3-13(16)27-18/h1-5H,6-11H2. The minimum Gasteiger partial charge on any atom is -0.379 e. The van der Waals surface area contributed by atoms with Crippen molar-refractivity contribution in [3.8, 4) is 0 Å². The maximum absolute atomic E-state index is 13.2. The summed E-state index contributed by atoms with van der Waals surface area (Å²) in [7, 11) is 0. The number of rotatable bonds is 5. The van der Waals surface area contributed by atoms with Gasteiger partial charge < -0.3 is 4.74 Å². The number of amides is 1. The first-order valence-electron chi connectivity index (χ1n) is 8.54. The van der Waals surface area contributed by atoms with Gasteiger partial charge in [-0.2, -0.15) is 0 Å². The van der Waals surface area contributed by atoms with E-state index in [0.717, 1.165) is 46.9 Å². The molecule has 4 rings (SSSR count). The zero-order valence-electron chi connectivity index (χ0n) is 14.4. The number of thiophene rings is 1. The highest BCUT2D eigenvalue weighted by Crippen LogP contribution is 2.34. The van der Waals surface area contributed by atoms with Gasteiger partial charge in [0.15, 0.2) is 5.13 Å². The van der Waals surface area contributed by atoms with E-state index in [2.05, 4.69) is 25.8 Å². The van der Waals surface area contributed by atoms with Crippen LogP contribution in [0.15, 0.2) is 34.1 Å². The molecule has 9 heteroatoms. The van der Waals surface area contributed by atoms with Gasteiger partial charge in [0.2, 0.25) is 0 Å². The number of carbonyl (C=O) groups is 1. The molecule has 1 saturated heterocycles. The van der Waals surface area contributed by atoms with Gasteiger partial charge in [0, 0.05) is 26.2 Å². The van der Waals surface area contributed by atoms with E-state index in [1.165, 1.54) is 22.7 Å². The summed E-state index contributed by atoms with van der Waals surface area (Å²) in [5.74, 6) is -0.0332. The van der Waals surface area contributed by atoms with Crippen molar-refractivity contribution in [2.75, 3.05) is 44.3 Å². The molecule has 0 radical (unpaired) electrons. The third kappa shape index (κ3) is 4.36. The quantitative estimate of drug-likeness (QED) is 0.522. The molecule has 1 aromatic carbocycles. The summed E-state index contributed by atoms with van der Waals surface area (Å²) in [6, 6.07) is 9.45. The highest BCUT2D eigenvalue weighted by atomic mass is 79.9. The molecule has 0 saturated carbocycles. The first-order valence-corrected chi connectivity index (χ1v) is 11.3. The lowest BCUT2D eigenvalue weighted by Crippen LogP contribution is -2.43. The number of para-hydroxylation sites is 1. The average Bonchev–Trinajstić information content (AvgIpc) is 3.30. The Bertz CT molecular complexity index is 955. The van der Waals surface area contributed by atoms with Crippen LogP contribution in [-0.4, -0.2) is 55.2 Å². The number of thiazole rings is 1. The number of fused-ring (bicyclic) bond motifs is 1. The van der Waals surface area contributed by atoms with E-state index in [1.807, 2.05) is 30.3 Å². The minimum absolute atomic E-state index is 0.0332. The number of benzene rings is 1. The second-order valence-corrected chi connectivity index (χ2v) is 9.98. The fourth-order valence-corrected chi connectivity index (χ4v) is 5.56. The molecular weight excluding hydrogens is 470 g/mol. The first-order chi connectivity index (χ1) is 13.1. The minimum atomic E-state index is -0.0332. The predicted molar refractivity (Wildman–Crippen MR) is 116 cm³/mol. The van der Waals surface area contributed by atoms with Crippen LogP contribution < -0.4 is 4.90 Å². The Balaban J connectivity index is 1.63. The van der Waals surface area contributed by atoms with Crippen molar-refractivity contribution in [2.24, 2.45) is 0 Å². The van der Waals surface area contributed by atoms with E-state index < -0.39 is 0 Å². The molecule has 0 aliphatic carbocycles. The van der Waals surface area contributed by atoms with Crippen molar-refractivity contribution in [1.82, 2.24) is 9.88 Å². The molecule has 0 bridgehead atoms. The number of hydrogen-bond acceptors (Lipinski definition) is 6. The molecular formula is C18H17BrClN3O2S2. The van der Waals surface area contributed by atoms with E-state index in [9.17, 15) is 4.79 Å². The molecule has 0 atom stereocenters. The Kier molecular flexibility index (Phi) is 6.11. The molecule has 2 aromatic heterocycles. The summed E-state index contributed by atoms with van der Waals surface area (Å²) in [5, 5.41) is 1.29. The molecule has 27 heavy (non-hydrogen) atoms. The molecule has 3 heterocycles. The molecule has 1 aliphatic rings. The lowest BCUT2D eigenvalue weighted by Gasteiger charge is -2.29. The fraction of sp³-hybridized carbons (Fsp3) is 0.333. The first kappa shape index (κ1) is 19.3. The van der Waals surface area contributed by atoms with Crippen molar-refractivity contribution in [3.05, 3.63) is 44.0 Å². The van der Waals surface area contributed by atoms with Gasteiger partial charge in [-0.25, -0.2) is 4.98 Å². The summed E-state index contributed by atoms with van der Waals surface area (Å²) < 4.78 is 7.33. The van der Waals surface area contributed by atoms with Gasteiger partial charge in [-0.3, -0.25) is 14.6 Å². The monoisotopic (exact) mass is 485 g/mol. The van der Waals surface area contributed by atoms with Gasteiger partial charge in [0.25, 0.3) is 5.91 Å². The summed E-state index contributed by atoms with van der Waals surface area (Å²) in [6.45, 7) is 4.61. The second-order valence-electron chi connectivity index (χ2n) is 6.10. The van der Waals surface area contributed by atoms with Crippen LogP contribution in [0.25, 0.3) is 10.2 Å². The zero-order valence-corrected chi connectivity index (χ0v) is 18.3. The van der Waals surface area contributed by atoms with Crippen molar-refractivity contribution in [2.45, 2.75) is 0 Å². The molecule has 1 aliphatic heterocycles. The van der Waals surface area contributed by atoms with Crippen molar-refractivity contribution >= 4 is 71.5 Å². The van der Waals surface area contributed by atoms with Crippen LogP contribution >= 0.6 is 50.2 Å². The van der Waals surface area contributed by atoms with Crippen molar-refractivity contribution in [1.29, 1.82) is 0 Å². The highest BCUT2D eigenvalue weighted by molar-refractivity contribution is 9.11. The molecule has 142 valence electrons. The van der Waals surface area contributed by atoms with Crippen LogP contribution in [0.4, 0.5) is 5.13 Å². The van der Waals surface area contributed by atoms with Crippen molar-refractivity contribution < 1.29 is 9.53 Å². The predicted octanol–water partition coefficient (Wildman–Crippen LogP) is 4.75. The van der Waals surface area contributed by atoms with E-state index in [-0.39, 0.29) is 5.91 Å². The van der Waals surface area contributed by atoms with Crippen LogP contribution in [0.1, 0.15) is 9.67 Å². The number of ether oxygens (including phenoxy) is 1. The van der Waals surface area contributed by atoms with Crippen LogP contribution in [0, 0.1) is 0 Å². The third-order valence-electron chi connectivity index (χ3n) is 4.36. The third-order valence-corrected chi connectivity index (χ3v) is 7.32. The van der Waals surface area contributed by atoms with Gasteiger partial charge in [-0.1, -0.05) is 29.0 Å². The average molecular weight is 487 g/mol. The van der Waals surface area contributed by atoms with Crippen LogP contribution in [0.2, 0.25) is 5.02 Å². The molecule has 0 spiro atoms. The summed E-state index contributed by atoms with van der Waals surface area (Å²) in [6.07, 6.45) is 0. The zero-order chi connectivity index (χ0) is 18.8. The lowest BCUT2D eigenvalue weighted by atomic mass is 10.3. The summed E-state index contributed by atoms with van der Waals surface area (Å²) in [5.41, 5.74) is 0.746. The smallest absolute Gasteiger partial charge is 0.270 e. The van der Waals surface area contributed by atoms with Gasteiger partial charge in [-0.15, -0.1) is 11.3 Å². The fourth-order valence-electron chi connectivity index (χ4n) is 2.93. The Labute approximate surface area is 178 Å². The Morgan fingerprint density at radius 3 is 2.78 bits per heavy atom. The largest absolute Gasteiger partial charge is 0.379 e. The van der Waals surface area contributed by atoms with E-state index in [4.69, 9.17) is 16.3 Å². The Morgan fingerprint density at radius 1 is 1.26 bits per heavy atom. The van der Waals surface area contributed by atoms with E-state index in [0.29, 0.717) is 21.6 Å². The molecule has 1 amide bonds. The van der Waals surface area contributed by atoms with Crippen LogP contribution in [0.5, 0.6) is 0 Å². The number of hydrogen-bond donors (Lipinski definition) is 0. The molecule has 0 N–H and O–H groups in total. The second kappa shape index (κ2) is 8.55. The number of morpholine rings is 1. The highest BCUT2D eigenvalue weighted by Gasteiger charge is 2.24. The number of aromatic nitrogens is 1. The van der Waals surface area contributed by atoms with Gasteiger partial charge in [-0.05, 0) is 40.2 Å². The number of anilines is 1. The normalized spacial score (nSPS) is 15.3. The topological polar surface area (TPSA) is 45.7 Å². The van der Waals surface area contributed by atoms with Crippen LogP contribution in [-0.2, 0) is 4.74 Å². The van der Waals surface area contributed by atoms with E-state index >= 15 is 0 Å². The van der Waals surface area contributed by atoms with Crippen molar-refractivity contribution in [3.63, 3.8) is 0 Å². The number of nitrogens with zero attached hydrogens (tertiary/aromatic N) is 3. The van der Waals surface area contributed by atoms with Gasteiger partial charge >= 0.3 is 0 Å². The molecule has 1 fully saturated rings. The Morgan fingerprint density at radius 2 is 2.07 bits per heavy atom. The lowest BCUT2D eigenvalue weighted by molar-refractivity contribution is 0.0391. The summed E-state index contributed by atoms with van der Waals surface area (Å²) in [4.78, 5) is 22.6. The molecule has 3 aromatic rings. The maximum atomic E-state index is 13.2. The molecule has 5 nitrogen and oxygen atoms in total. The Hall–Kier alpha value is -1.03. The summed E-state index contributed by atoms with van der Waals surface area (Å²) >= 11 is 12.7. The number of carbonyl (C=O) groups excluding carboxylic acids is 1.